The summed E-state index contributed by atoms with van der Waals surface area (Å²) in [4.78, 5) is 3.74. The molecule has 0 spiro atoms. The van der Waals surface area contributed by atoms with Crippen LogP contribution in [0.25, 0.3) is 10.6 Å². The summed E-state index contributed by atoms with van der Waals surface area (Å²) in [5.74, 6) is 0.898. The van der Waals surface area contributed by atoms with E-state index in [0.29, 0.717) is 12.1 Å². The van der Waals surface area contributed by atoms with E-state index in [4.69, 9.17) is 4.52 Å². The molecule has 112 valence electrons. The van der Waals surface area contributed by atoms with Gasteiger partial charge in [0, 0.05) is 24.7 Å². The maximum Gasteiger partial charge on any atom is 0.177 e. The number of likely N-dealkylation sites (tertiary alicyclic amines) is 1. The van der Waals surface area contributed by atoms with Crippen LogP contribution in [-0.2, 0) is 6.54 Å². The molecule has 0 aliphatic carbocycles. The first-order chi connectivity index (χ1) is 10.4. The summed E-state index contributed by atoms with van der Waals surface area (Å²) in [6.07, 6.45) is 5.26. The Morgan fingerprint density at radius 3 is 3.19 bits per heavy atom. The predicted octanol–water partition coefficient (Wildman–Crippen LogP) is 3.12. The predicted molar refractivity (Wildman–Crippen MR) is 84.3 cm³/mol. The summed E-state index contributed by atoms with van der Waals surface area (Å²) in [6.45, 7) is 3.28. The summed E-state index contributed by atoms with van der Waals surface area (Å²) in [5.41, 5.74) is 1.06. The highest BCUT2D eigenvalue weighted by molar-refractivity contribution is 7.13. The first-order valence-electron chi connectivity index (χ1n) is 7.87. The van der Waals surface area contributed by atoms with E-state index in [1.165, 1.54) is 38.8 Å². The van der Waals surface area contributed by atoms with Crippen LogP contribution in [-0.4, -0.2) is 35.2 Å². The number of nitrogens with one attached hydrogen (secondary N) is 1. The van der Waals surface area contributed by atoms with Crippen LogP contribution in [0.3, 0.4) is 0 Å². The number of hydrogen-bond acceptors (Lipinski definition) is 5. The number of rotatable bonds is 4. The van der Waals surface area contributed by atoms with Gasteiger partial charge in [-0.1, -0.05) is 11.2 Å². The first-order valence-corrected chi connectivity index (χ1v) is 8.75. The van der Waals surface area contributed by atoms with Crippen LogP contribution in [0.15, 0.2) is 28.1 Å². The number of hydrogen-bond donors (Lipinski definition) is 1. The zero-order valence-corrected chi connectivity index (χ0v) is 12.9. The van der Waals surface area contributed by atoms with E-state index in [2.05, 4.69) is 32.9 Å². The summed E-state index contributed by atoms with van der Waals surface area (Å²) < 4.78 is 5.50. The minimum atomic E-state index is 0.675. The van der Waals surface area contributed by atoms with Gasteiger partial charge in [0.2, 0.25) is 0 Å². The lowest BCUT2D eigenvalue weighted by molar-refractivity contribution is 0.201. The molecule has 1 N–H and O–H groups in total. The van der Waals surface area contributed by atoms with Gasteiger partial charge in [0.1, 0.15) is 0 Å². The van der Waals surface area contributed by atoms with Crippen molar-refractivity contribution in [2.75, 3.05) is 13.1 Å². The molecule has 0 bridgehead atoms. The van der Waals surface area contributed by atoms with Crippen molar-refractivity contribution >= 4 is 11.3 Å². The van der Waals surface area contributed by atoms with Crippen LogP contribution in [0.4, 0.5) is 0 Å². The van der Waals surface area contributed by atoms with Crippen molar-refractivity contribution in [2.45, 2.75) is 44.3 Å². The van der Waals surface area contributed by atoms with Crippen molar-refractivity contribution in [1.82, 2.24) is 15.4 Å². The molecule has 2 unspecified atom stereocenters. The zero-order valence-electron chi connectivity index (χ0n) is 12.1. The lowest BCUT2D eigenvalue weighted by Crippen LogP contribution is -2.43. The SMILES string of the molecule is c1csc(-c2cc(CN3CCCC3C3CCCN3)no2)c1. The lowest BCUT2D eigenvalue weighted by Gasteiger charge is -2.28. The topological polar surface area (TPSA) is 41.3 Å². The number of thiophene rings is 1. The summed E-state index contributed by atoms with van der Waals surface area (Å²) in [6, 6.07) is 7.58. The van der Waals surface area contributed by atoms with Crippen LogP contribution in [0.1, 0.15) is 31.4 Å². The average molecular weight is 303 g/mol. The van der Waals surface area contributed by atoms with Crippen LogP contribution < -0.4 is 5.32 Å². The third-order valence-corrected chi connectivity index (χ3v) is 5.55. The van der Waals surface area contributed by atoms with Crippen molar-refractivity contribution in [3.05, 3.63) is 29.3 Å². The Morgan fingerprint density at radius 2 is 2.38 bits per heavy atom. The molecule has 2 fully saturated rings. The third kappa shape index (κ3) is 2.78. The second-order valence-electron chi connectivity index (χ2n) is 6.04. The zero-order chi connectivity index (χ0) is 14.1. The molecule has 2 aliphatic heterocycles. The van der Waals surface area contributed by atoms with Gasteiger partial charge in [-0.05, 0) is 50.2 Å². The second kappa shape index (κ2) is 5.91. The largest absolute Gasteiger partial charge is 0.355 e. The molecule has 2 saturated heterocycles. The van der Waals surface area contributed by atoms with Crippen molar-refractivity contribution < 1.29 is 4.52 Å². The van der Waals surface area contributed by atoms with Gasteiger partial charge < -0.3 is 9.84 Å². The van der Waals surface area contributed by atoms with E-state index in [1.807, 2.05) is 6.07 Å². The molecular formula is C16H21N3OS. The van der Waals surface area contributed by atoms with E-state index in [1.54, 1.807) is 11.3 Å². The Hall–Kier alpha value is -1.17. The Kier molecular flexibility index (Phi) is 3.80. The maximum atomic E-state index is 5.50. The molecule has 4 rings (SSSR count). The van der Waals surface area contributed by atoms with Gasteiger partial charge in [-0.15, -0.1) is 11.3 Å². The smallest absolute Gasteiger partial charge is 0.177 e. The molecule has 0 aromatic carbocycles. The minimum absolute atomic E-state index is 0.675. The molecule has 2 aromatic rings. The van der Waals surface area contributed by atoms with E-state index < -0.39 is 0 Å². The Bertz CT molecular complexity index is 574. The van der Waals surface area contributed by atoms with Gasteiger partial charge >= 0.3 is 0 Å². The van der Waals surface area contributed by atoms with Crippen molar-refractivity contribution in [3.63, 3.8) is 0 Å². The lowest BCUT2D eigenvalue weighted by atomic mass is 10.0. The van der Waals surface area contributed by atoms with Gasteiger partial charge in [0.15, 0.2) is 5.76 Å². The van der Waals surface area contributed by atoms with Crippen molar-refractivity contribution in [1.29, 1.82) is 0 Å². The van der Waals surface area contributed by atoms with Crippen LogP contribution in [0.5, 0.6) is 0 Å². The molecule has 21 heavy (non-hydrogen) atoms. The van der Waals surface area contributed by atoms with E-state index in [0.717, 1.165) is 22.9 Å². The second-order valence-corrected chi connectivity index (χ2v) is 6.99. The van der Waals surface area contributed by atoms with Crippen LogP contribution >= 0.6 is 11.3 Å². The molecule has 0 radical (unpaired) electrons. The first kappa shape index (κ1) is 13.5. The van der Waals surface area contributed by atoms with Crippen molar-refractivity contribution in [3.8, 4) is 10.6 Å². The monoisotopic (exact) mass is 303 g/mol. The molecule has 2 aromatic heterocycles. The fraction of sp³-hybridized carbons (Fsp3) is 0.562. The maximum absolute atomic E-state index is 5.50. The Balaban J connectivity index is 1.45. The van der Waals surface area contributed by atoms with E-state index in [9.17, 15) is 0 Å². The minimum Gasteiger partial charge on any atom is -0.355 e. The number of nitrogens with zero attached hydrogens (tertiary/aromatic N) is 2. The molecule has 2 aliphatic rings. The highest BCUT2D eigenvalue weighted by Crippen LogP contribution is 2.29. The molecule has 4 nitrogen and oxygen atoms in total. The fourth-order valence-electron chi connectivity index (χ4n) is 3.67. The van der Waals surface area contributed by atoms with Gasteiger partial charge in [-0.3, -0.25) is 4.90 Å². The third-order valence-electron chi connectivity index (χ3n) is 4.67. The molecule has 2 atom stereocenters. The van der Waals surface area contributed by atoms with E-state index in [-0.39, 0.29) is 0 Å². The van der Waals surface area contributed by atoms with Gasteiger partial charge in [0.25, 0.3) is 0 Å². The van der Waals surface area contributed by atoms with Gasteiger partial charge in [-0.2, -0.15) is 0 Å². The highest BCUT2D eigenvalue weighted by atomic mass is 32.1. The fourth-order valence-corrected chi connectivity index (χ4v) is 4.35. The number of aromatic nitrogens is 1. The average Bonchev–Trinajstić information content (AvgIpc) is 3.28. The van der Waals surface area contributed by atoms with Crippen molar-refractivity contribution in [2.24, 2.45) is 0 Å². The quantitative estimate of drug-likeness (QED) is 0.942. The molecular weight excluding hydrogens is 282 g/mol. The normalized spacial score (nSPS) is 26.7. The summed E-state index contributed by atoms with van der Waals surface area (Å²) >= 11 is 1.70. The Labute approximate surface area is 129 Å². The standard InChI is InChI=1S/C16H21N3OS/c1-4-13(17-7-1)14-5-2-8-19(14)11-12-10-15(20-18-12)16-6-3-9-21-16/h3,6,9-10,13-14,17H,1-2,4-5,7-8,11H2. The summed E-state index contributed by atoms with van der Waals surface area (Å²) in [7, 11) is 0. The van der Waals surface area contributed by atoms with Crippen LogP contribution in [0, 0.1) is 0 Å². The molecule has 0 amide bonds. The molecule has 5 heteroatoms. The molecule has 4 heterocycles. The Morgan fingerprint density at radius 1 is 1.38 bits per heavy atom. The molecule has 0 saturated carbocycles. The van der Waals surface area contributed by atoms with Gasteiger partial charge in [0.05, 0.1) is 10.6 Å². The van der Waals surface area contributed by atoms with E-state index >= 15 is 0 Å². The summed E-state index contributed by atoms with van der Waals surface area (Å²) in [5, 5.41) is 9.99. The van der Waals surface area contributed by atoms with Crippen LogP contribution in [0.2, 0.25) is 0 Å². The van der Waals surface area contributed by atoms with Gasteiger partial charge in [-0.25, -0.2) is 0 Å². The highest BCUT2D eigenvalue weighted by Gasteiger charge is 2.33.